The van der Waals surface area contributed by atoms with Crippen molar-refractivity contribution in [2.24, 2.45) is 0 Å². The number of aromatic nitrogens is 2. The minimum Gasteiger partial charge on any atom is -0.458 e. The number of furan rings is 1. The van der Waals surface area contributed by atoms with Gasteiger partial charge in [0.1, 0.15) is 17.0 Å². The highest BCUT2D eigenvalue weighted by atomic mass is 35.5. The number of rotatable bonds is 3. The third-order valence-electron chi connectivity index (χ3n) is 5.19. The Morgan fingerprint density at radius 2 is 1.93 bits per heavy atom. The topological polar surface area (TPSA) is 96.9 Å². The summed E-state index contributed by atoms with van der Waals surface area (Å²) >= 11 is 5.92. The number of imide groups is 1. The number of nitrogens with zero attached hydrogens (tertiary/aromatic N) is 3. The number of benzene rings is 1. The third kappa shape index (κ3) is 2.76. The molecule has 3 aromatic heterocycles. The first kappa shape index (κ1) is 18.4. The van der Waals surface area contributed by atoms with Gasteiger partial charge in [0.2, 0.25) is 0 Å². The Hall–Kier alpha value is -3.65. The zero-order valence-electron chi connectivity index (χ0n) is 15.8. The summed E-state index contributed by atoms with van der Waals surface area (Å²) in [4.78, 5) is 43.6. The third-order valence-corrected chi connectivity index (χ3v) is 5.41. The normalized spacial score (nSPS) is 19.1. The molecular weight excluding hydrogens is 408 g/mol. The molecule has 1 N–H and O–H groups in total. The Kier molecular flexibility index (Phi) is 3.94. The fourth-order valence-electron chi connectivity index (χ4n) is 3.60. The monoisotopic (exact) mass is 422 g/mol. The molecule has 8 nitrogen and oxygen atoms in total. The summed E-state index contributed by atoms with van der Waals surface area (Å²) in [6.45, 7) is 1.45. The van der Waals surface area contributed by atoms with Gasteiger partial charge in [0.15, 0.2) is 5.54 Å². The Morgan fingerprint density at radius 3 is 2.73 bits per heavy atom. The van der Waals surface area contributed by atoms with Crippen LogP contribution in [0.15, 0.2) is 63.9 Å². The van der Waals surface area contributed by atoms with Crippen LogP contribution in [0.1, 0.15) is 18.4 Å². The standard InChI is InChI=1S/C21H15ClN4O4/c1-21(16-8-12-4-2-3-5-15(12)30-16)19(28)26(20(29)24-21)11-14-9-18(27)25-10-13(22)6-7-17(25)23-14/h2-10H,11H2,1H3,(H,24,29). The van der Waals surface area contributed by atoms with Crippen LogP contribution in [0.5, 0.6) is 0 Å². The minimum absolute atomic E-state index is 0.144. The van der Waals surface area contributed by atoms with E-state index >= 15 is 0 Å². The van der Waals surface area contributed by atoms with E-state index in [0.29, 0.717) is 27.7 Å². The predicted molar refractivity (Wildman–Crippen MR) is 109 cm³/mol. The summed E-state index contributed by atoms with van der Waals surface area (Å²) in [7, 11) is 0. The number of nitrogens with one attached hydrogen (secondary N) is 1. The number of hydrogen-bond acceptors (Lipinski definition) is 5. The first-order valence-electron chi connectivity index (χ1n) is 9.16. The summed E-state index contributed by atoms with van der Waals surface area (Å²) in [5.41, 5.74) is -0.425. The molecule has 1 aliphatic heterocycles. The first-order chi connectivity index (χ1) is 14.3. The van der Waals surface area contributed by atoms with E-state index in [1.54, 1.807) is 31.2 Å². The van der Waals surface area contributed by atoms with Crippen LogP contribution in [-0.2, 0) is 16.9 Å². The van der Waals surface area contributed by atoms with Crippen molar-refractivity contribution in [1.82, 2.24) is 19.6 Å². The van der Waals surface area contributed by atoms with E-state index in [4.69, 9.17) is 16.0 Å². The molecule has 5 rings (SSSR count). The summed E-state index contributed by atoms with van der Waals surface area (Å²) in [6.07, 6.45) is 1.46. The number of carbonyl (C=O) groups is 2. The van der Waals surface area contributed by atoms with Crippen LogP contribution >= 0.6 is 11.6 Å². The van der Waals surface area contributed by atoms with Crippen LogP contribution in [0.3, 0.4) is 0 Å². The number of carbonyl (C=O) groups excluding carboxylic acids is 2. The molecule has 4 aromatic rings. The second-order valence-corrected chi connectivity index (χ2v) is 7.69. The molecule has 4 heterocycles. The van der Waals surface area contributed by atoms with Gasteiger partial charge in [-0.2, -0.15) is 0 Å². The quantitative estimate of drug-likeness (QED) is 0.512. The van der Waals surface area contributed by atoms with E-state index in [-0.39, 0.29) is 12.1 Å². The number of para-hydroxylation sites is 1. The minimum atomic E-state index is -1.35. The molecule has 1 atom stereocenters. The van der Waals surface area contributed by atoms with E-state index in [1.807, 2.05) is 18.2 Å². The van der Waals surface area contributed by atoms with Gasteiger partial charge in [-0.1, -0.05) is 29.8 Å². The van der Waals surface area contributed by atoms with Gasteiger partial charge in [0, 0.05) is 17.6 Å². The SMILES string of the molecule is CC1(c2cc3ccccc3o2)NC(=O)N(Cc2cc(=O)n3cc(Cl)ccc3n2)C1=O. The number of pyridine rings is 1. The Balaban J connectivity index is 1.49. The maximum atomic E-state index is 13.2. The van der Waals surface area contributed by atoms with Crippen molar-refractivity contribution >= 4 is 40.2 Å². The fourth-order valence-corrected chi connectivity index (χ4v) is 3.77. The van der Waals surface area contributed by atoms with Crippen molar-refractivity contribution in [3.05, 3.63) is 81.6 Å². The lowest BCUT2D eigenvalue weighted by Crippen LogP contribution is -2.40. The fraction of sp³-hybridized carbons (Fsp3) is 0.143. The molecule has 1 fully saturated rings. The Morgan fingerprint density at radius 1 is 1.13 bits per heavy atom. The lowest BCUT2D eigenvalue weighted by molar-refractivity contribution is -0.132. The maximum absolute atomic E-state index is 13.2. The van der Waals surface area contributed by atoms with Gasteiger partial charge in [-0.05, 0) is 31.2 Å². The van der Waals surface area contributed by atoms with Gasteiger partial charge >= 0.3 is 6.03 Å². The average molecular weight is 423 g/mol. The van der Waals surface area contributed by atoms with Crippen LogP contribution in [0.2, 0.25) is 5.02 Å². The molecule has 150 valence electrons. The van der Waals surface area contributed by atoms with Crippen LogP contribution in [-0.4, -0.2) is 26.2 Å². The highest BCUT2D eigenvalue weighted by Gasteiger charge is 2.51. The molecule has 0 spiro atoms. The molecule has 9 heteroatoms. The molecule has 3 amide bonds. The molecule has 0 bridgehead atoms. The highest BCUT2D eigenvalue weighted by Crippen LogP contribution is 2.33. The molecule has 0 aliphatic carbocycles. The van der Waals surface area contributed by atoms with Gasteiger partial charge in [-0.15, -0.1) is 0 Å². The smallest absolute Gasteiger partial charge is 0.325 e. The molecule has 0 saturated carbocycles. The second-order valence-electron chi connectivity index (χ2n) is 7.26. The van der Waals surface area contributed by atoms with Gasteiger partial charge in [-0.3, -0.25) is 18.9 Å². The summed E-state index contributed by atoms with van der Waals surface area (Å²) in [6, 6.07) is 13.0. The highest BCUT2D eigenvalue weighted by molar-refractivity contribution is 6.30. The molecule has 1 saturated heterocycles. The van der Waals surface area contributed by atoms with E-state index in [0.717, 1.165) is 10.3 Å². The number of hydrogen-bond donors (Lipinski definition) is 1. The number of urea groups is 1. The largest absolute Gasteiger partial charge is 0.458 e. The van der Waals surface area contributed by atoms with Crippen molar-refractivity contribution in [3.8, 4) is 0 Å². The Bertz CT molecular complexity index is 1380. The lowest BCUT2D eigenvalue weighted by atomic mass is 9.99. The Labute approximate surface area is 174 Å². The van der Waals surface area contributed by atoms with E-state index < -0.39 is 17.5 Å². The van der Waals surface area contributed by atoms with Crippen LogP contribution in [0, 0.1) is 0 Å². The van der Waals surface area contributed by atoms with E-state index in [9.17, 15) is 14.4 Å². The maximum Gasteiger partial charge on any atom is 0.325 e. The first-order valence-corrected chi connectivity index (χ1v) is 9.54. The number of amides is 3. The van der Waals surface area contributed by atoms with Crippen molar-refractivity contribution in [3.63, 3.8) is 0 Å². The van der Waals surface area contributed by atoms with Gasteiger partial charge in [-0.25, -0.2) is 9.78 Å². The van der Waals surface area contributed by atoms with Crippen molar-refractivity contribution in [1.29, 1.82) is 0 Å². The average Bonchev–Trinajstić information content (AvgIpc) is 3.25. The summed E-state index contributed by atoms with van der Waals surface area (Å²) < 4.78 is 7.12. The molecule has 0 radical (unpaired) electrons. The number of fused-ring (bicyclic) bond motifs is 2. The molecule has 1 aromatic carbocycles. The zero-order valence-corrected chi connectivity index (χ0v) is 16.5. The van der Waals surface area contributed by atoms with Crippen molar-refractivity contribution in [2.45, 2.75) is 19.0 Å². The molecular formula is C21H15ClN4O4. The molecule has 1 aliphatic rings. The summed E-state index contributed by atoms with van der Waals surface area (Å²) in [5.74, 6) is -0.143. The predicted octanol–water partition coefficient (Wildman–Crippen LogP) is 3.06. The second kappa shape index (κ2) is 6.43. The van der Waals surface area contributed by atoms with Crippen LogP contribution in [0.25, 0.3) is 16.6 Å². The van der Waals surface area contributed by atoms with Crippen LogP contribution < -0.4 is 10.9 Å². The van der Waals surface area contributed by atoms with Gasteiger partial charge in [0.05, 0.1) is 17.3 Å². The van der Waals surface area contributed by atoms with E-state index in [2.05, 4.69) is 10.3 Å². The summed E-state index contributed by atoms with van der Waals surface area (Å²) in [5, 5.41) is 3.93. The van der Waals surface area contributed by atoms with Crippen molar-refractivity contribution < 1.29 is 14.0 Å². The van der Waals surface area contributed by atoms with Gasteiger partial charge in [0.25, 0.3) is 11.5 Å². The van der Waals surface area contributed by atoms with Crippen molar-refractivity contribution in [2.75, 3.05) is 0 Å². The number of halogens is 1. The zero-order chi connectivity index (χ0) is 21.0. The van der Waals surface area contributed by atoms with E-state index in [1.165, 1.54) is 16.7 Å². The molecule has 30 heavy (non-hydrogen) atoms. The van der Waals surface area contributed by atoms with Gasteiger partial charge < -0.3 is 9.73 Å². The van der Waals surface area contributed by atoms with Crippen LogP contribution in [0.4, 0.5) is 4.79 Å². The molecule has 1 unspecified atom stereocenters. The lowest BCUT2D eigenvalue weighted by Gasteiger charge is -2.19.